The monoisotopic (exact) mass is 469 g/mol. The maximum Gasteiger partial charge on any atom is 0.239 e. The summed E-state index contributed by atoms with van der Waals surface area (Å²) >= 11 is 7.26. The van der Waals surface area contributed by atoms with E-state index in [1.165, 1.54) is 17.1 Å². The Morgan fingerprint density at radius 1 is 1.12 bits per heavy atom. The lowest BCUT2D eigenvalue weighted by Gasteiger charge is -2.32. The number of nitrogens with zero attached hydrogens (tertiary/aromatic N) is 4. The zero-order valence-electron chi connectivity index (χ0n) is 18.2. The van der Waals surface area contributed by atoms with Gasteiger partial charge in [0.15, 0.2) is 0 Å². The summed E-state index contributed by atoms with van der Waals surface area (Å²) < 4.78 is 4.44. The van der Waals surface area contributed by atoms with E-state index in [9.17, 15) is 4.79 Å². The van der Waals surface area contributed by atoms with Crippen LogP contribution in [0.25, 0.3) is 0 Å². The SMILES string of the molecule is CN(CC(=O)NC1CCN(Cc2ccccc2)CC1)c1nc(Cc2ccc(Cl)cc2)ns1. The lowest BCUT2D eigenvalue weighted by molar-refractivity contribution is -0.120. The Morgan fingerprint density at radius 2 is 1.84 bits per heavy atom. The van der Waals surface area contributed by atoms with E-state index in [0.29, 0.717) is 11.4 Å². The fourth-order valence-electron chi connectivity index (χ4n) is 3.89. The van der Waals surface area contributed by atoms with Crippen LogP contribution in [0.5, 0.6) is 0 Å². The van der Waals surface area contributed by atoms with Crippen molar-refractivity contribution in [2.45, 2.75) is 31.8 Å². The van der Waals surface area contributed by atoms with E-state index in [-0.39, 0.29) is 18.5 Å². The molecular formula is C24H28ClN5OS. The molecule has 1 fully saturated rings. The number of hydrogen-bond donors (Lipinski definition) is 1. The minimum Gasteiger partial charge on any atom is -0.352 e. The normalized spacial score (nSPS) is 14.9. The van der Waals surface area contributed by atoms with Crippen LogP contribution < -0.4 is 10.2 Å². The number of piperidine rings is 1. The first-order chi connectivity index (χ1) is 15.5. The summed E-state index contributed by atoms with van der Waals surface area (Å²) in [7, 11) is 1.88. The van der Waals surface area contributed by atoms with Crippen molar-refractivity contribution in [3.8, 4) is 0 Å². The molecule has 32 heavy (non-hydrogen) atoms. The highest BCUT2D eigenvalue weighted by Gasteiger charge is 2.21. The first-order valence-electron chi connectivity index (χ1n) is 10.9. The molecule has 3 aromatic rings. The van der Waals surface area contributed by atoms with Gasteiger partial charge in [0.1, 0.15) is 5.82 Å². The minimum atomic E-state index is 0.0310. The molecular weight excluding hydrogens is 442 g/mol. The van der Waals surface area contributed by atoms with Gasteiger partial charge < -0.3 is 10.2 Å². The summed E-state index contributed by atoms with van der Waals surface area (Å²) in [6.07, 6.45) is 2.61. The van der Waals surface area contributed by atoms with Crippen LogP contribution in [0, 0.1) is 0 Å². The molecule has 0 saturated carbocycles. The molecule has 0 unspecified atom stereocenters. The number of amides is 1. The van der Waals surface area contributed by atoms with E-state index in [2.05, 4.69) is 43.8 Å². The zero-order valence-corrected chi connectivity index (χ0v) is 19.8. The number of hydrogen-bond acceptors (Lipinski definition) is 6. The van der Waals surface area contributed by atoms with Gasteiger partial charge in [0, 0.05) is 55.7 Å². The van der Waals surface area contributed by atoms with Gasteiger partial charge in [-0.3, -0.25) is 9.69 Å². The number of likely N-dealkylation sites (tertiary alicyclic amines) is 1. The number of rotatable bonds is 8. The fraction of sp³-hybridized carbons (Fsp3) is 0.375. The lowest BCUT2D eigenvalue weighted by atomic mass is 10.0. The Bertz CT molecular complexity index is 1000. The molecule has 0 aliphatic carbocycles. The molecule has 6 nitrogen and oxygen atoms in total. The predicted octanol–water partition coefficient (Wildman–Crippen LogP) is 4.00. The predicted molar refractivity (Wildman–Crippen MR) is 130 cm³/mol. The van der Waals surface area contributed by atoms with E-state index < -0.39 is 0 Å². The van der Waals surface area contributed by atoms with Crippen molar-refractivity contribution < 1.29 is 4.79 Å². The Balaban J connectivity index is 1.20. The maximum atomic E-state index is 12.6. The highest BCUT2D eigenvalue weighted by Crippen LogP contribution is 2.19. The van der Waals surface area contributed by atoms with Crippen LogP contribution in [-0.4, -0.2) is 52.9 Å². The zero-order chi connectivity index (χ0) is 22.3. The van der Waals surface area contributed by atoms with Crippen LogP contribution in [0.1, 0.15) is 29.8 Å². The van der Waals surface area contributed by atoms with Gasteiger partial charge in [-0.15, -0.1) is 0 Å². The molecule has 8 heteroatoms. The molecule has 0 spiro atoms. The molecule has 1 aliphatic rings. The second kappa shape index (κ2) is 10.9. The number of anilines is 1. The highest BCUT2D eigenvalue weighted by molar-refractivity contribution is 7.09. The van der Waals surface area contributed by atoms with Gasteiger partial charge in [-0.1, -0.05) is 54.1 Å². The number of carbonyl (C=O) groups is 1. The van der Waals surface area contributed by atoms with Gasteiger partial charge in [0.05, 0.1) is 6.54 Å². The summed E-state index contributed by atoms with van der Waals surface area (Å²) in [5.41, 5.74) is 2.45. The minimum absolute atomic E-state index is 0.0310. The van der Waals surface area contributed by atoms with Crippen molar-refractivity contribution >= 4 is 34.2 Å². The summed E-state index contributed by atoms with van der Waals surface area (Å²) in [6.45, 7) is 3.25. The first-order valence-corrected chi connectivity index (χ1v) is 12.0. The van der Waals surface area contributed by atoms with Crippen LogP contribution >= 0.6 is 23.1 Å². The Kier molecular flexibility index (Phi) is 7.73. The van der Waals surface area contributed by atoms with E-state index in [1.54, 1.807) is 0 Å². The van der Waals surface area contributed by atoms with Crippen LogP contribution in [0.4, 0.5) is 5.13 Å². The fourth-order valence-corrected chi connectivity index (χ4v) is 4.66. The molecule has 0 bridgehead atoms. The van der Waals surface area contributed by atoms with Gasteiger partial charge in [0.2, 0.25) is 11.0 Å². The molecule has 1 saturated heterocycles. The van der Waals surface area contributed by atoms with Crippen LogP contribution in [-0.2, 0) is 17.8 Å². The highest BCUT2D eigenvalue weighted by atomic mass is 35.5. The lowest BCUT2D eigenvalue weighted by Crippen LogP contribution is -2.46. The number of halogens is 1. The third-order valence-electron chi connectivity index (χ3n) is 5.64. The van der Waals surface area contributed by atoms with Gasteiger partial charge in [0.25, 0.3) is 0 Å². The quantitative estimate of drug-likeness (QED) is 0.540. The van der Waals surface area contributed by atoms with Crippen molar-refractivity contribution in [2.75, 3.05) is 31.6 Å². The second-order valence-electron chi connectivity index (χ2n) is 8.26. The molecule has 0 radical (unpaired) electrons. The standard InChI is InChI=1S/C24H28ClN5OS/c1-29(24-27-22(28-32-24)15-18-7-9-20(25)10-8-18)17-23(31)26-21-11-13-30(14-12-21)16-19-5-3-2-4-6-19/h2-10,21H,11-17H2,1H3,(H,26,31). The number of aromatic nitrogens is 2. The van der Waals surface area contributed by atoms with E-state index in [0.717, 1.165) is 49.0 Å². The van der Waals surface area contributed by atoms with Gasteiger partial charge in [-0.25, -0.2) is 4.98 Å². The molecule has 168 valence electrons. The molecule has 2 heterocycles. The van der Waals surface area contributed by atoms with Gasteiger partial charge >= 0.3 is 0 Å². The summed E-state index contributed by atoms with van der Waals surface area (Å²) in [5.74, 6) is 0.786. The third kappa shape index (κ3) is 6.51. The maximum absolute atomic E-state index is 12.6. The molecule has 0 atom stereocenters. The second-order valence-corrected chi connectivity index (χ2v) is 9.42. The molecule has 1 N–H and O–H groups in total. The number of benzene rings is 2. The Labute approximate surface area is 198 Å². The molecule has 4 rings (SSSR count). The topological polar surface area (TPSA) is 61.4 Å². The van der Waals surface area contributed by atoms with Crippen molar-refractivity contribution in [3.05, 3.63) is 76.6 Å². The van der Waals surface area contributed by atoms with Crippen molar-refractivity contribution in [1.82, 2.24) is 19.6 Å². The van der Waals surface area contributed by atoms with E-state index in [4.69, 9.17) is 11.6 Å². The molecule has 1 aromatic heterocycles. The average Bonchev–Trinajstić information content (AvgIpc) is 3.26. The number of carbonyl (C=O) groups excluding carboxylic acids is 1. The van der Waals surface area contributed by atoms with Crippen LogP contribution in [0.2, 0.25) is 5.02 Å². The summed E-state index contributed by atoms with van der Waals surface area (Å²) in [5, 5.41) is 4.66. The van der Waals surface area contributed by atoms with E-state index in [1.807, 2.05) is 42.3 Å². The number of likely N-dealkylation sites (N-methyl/N-ethyl adjacent to an activating group) is 1. The van der Waals surface area contributed by atoms with Crippen molar-refractivity contribution in [2.24, 2.45) is 0 Å². The first kappa shape index (κ1) is 22.7. The Hall–Kier alpha value is -2.48. The van der Waals surface area contributed by atoms with Crippen LogP contribution in [0.3, 0.4) is 0 Å². The van der Waals surface area contributed by atoms with Crippen molar-refractivity contribution in [3.63, 3.8) is 0 Å². The largest absolute Gasteiger partial charge is 0.352 e. The average molecular weight is 470 g/mol. The van der Waals surface area contributed by atoms with Gasteiger partial charge in [-0.05, 0) is 36.1 Å². The number of nitrogens with one attached hydrogen (secondary N) is 1. The third-order valence-corrected chi connectivity index (χ3v) is 6.76. The van der Waals surface area contributed by atoms with Crippen LogP contribution in [0.15, 0.2) is 54.6 Å². The summed E-state index contributed by atoms with van der Waals surface area (Å²) in [6, 6.07) is 18.5. The van der Waals surface area contributed by atoms with Crippen molar-refractivity contribution in [1.29, 1.82) is 0 Å². The Morgan fingerprint density at radius 3 is 2.56 bits per heavy atom. The molecule has 2 aromatic carbocycles. The van der Waals surface area contributed by atoms with E-state index >= 15 is 0 Å². The van der Waals surface area contributed by atoms with Gasteiger partial charge in [-0.2, -0.15) is 4.37 Å². The summed E-state index contributed by atoms with van der Waals surface area (Å²) in [4.78, 5) is 21.5. The molecule has 1 aliphatic heterocycles. The smallest absolute Gasteiger partial charge is 0.239 e. The molecule has 1 amide bonds.